The third-order valence-electron chi connectivity index (χ3n) is 1.66. The first-order valence-corrected chi connectivity index (χ1v) is 3.28. The number of aliphatic imine (C=N–C) groups is 1. The second-order valence-corrected chi connectivity index (χ2v) is 2.40. The van der Waals surface area contributed by atoms with Crippen LogP contribution >= 0.6 is 0 Å². The van der Waals surface area contributed by atoms with Gasteiger partial charge in [0.15, 0.2) is 0 Å². The van der Waals surface area contributed by atoms with Gasteiger partial charge in [0.05, 0.1) is 5.69 Å². The summed E-state index contributed by atoms with van der Waals surface area (Å²) in [5.41, 5.74) is 0.911. The van der Waals surface area contributed by atoms with Crippen molar-refractivity contribution in [1.82, 2.24) is 0 Å². The van der Waals surface area contributed by atoms with E-state index in [4.69, 9.17) is 0 Å². The molecule has 1 aromatic rings. The highest BCUT2D eigenvalue weighted by Gasteiger charge is 2.12. The number of nitrogens with zero attached hydrogens (tertiary/aromatic N) is 1. The molecule has 0 radical (unpaired) electrons. The zero-order chi connectivity index (χ0) is 7.84. The fourth-order valence-electron chi connectivity index (χ4n) is 1.14. The Bertz CT molecular complexity index is 331. The molecule has 0 bridgehead atoms. The molecule has 1 aliphatic heterocycles. The van der Waals surface area contributed by atoms with Crippen LogP contribution in [0.3, 0.4) is 0 Å². The molecule has 0 aliphatic carbocycles. The van der Waals surface area contributed by atoms with Gasteiger partial charge in [-0.15, -0.1) is 0 Å². The number of hydrogen-bond acceptors (Lipinski definition) is 1. The van der Waals surface area contributed by atoms with E-state index in [1.54, 1.807) is 6.21 Å². The van der Waals surface area contributed by atoms with E-state index in [1.165, 1.54) is 6.07 Å². The molecule has 56 valence electrons. The lowest BCUT2D eigenvalue weighted by Crippen LogP contribution is -1.87. The molecular weight excluding hydrogens is 148 g/mol. The number of fused-ring (bicyclic) bond motifs is 1. The van der Waals surface area contributed by atoms with E-state index in [-0.39, 0.29) is 0 Å². The fraction of sp³-hybridized carbons (Fsp3) is 0.125. The van der Waals surface area contributed by atoms with Gasteiger partial charge in [-0.25, -0.2) is 8.78 Å². The standard InChI is InChI=1S/C8H5F2N/c9-5-3-7(10)6-1-2-11-8(6)4-5/h2-4H,1H2. The normalized spacial score (nSPS) is 13.6. The van der Waals surface area contributed by atoms with Gasteiger partial charge in [0.25, 0.3) is 0 Å². The molecule has 2 rings (SSSR count). The maximum Gasteiger partial charge on any atom is 0.131 e. The lowest BCUT2D eigenvalue weighted by Gasteiger charge is -1.97. The first-order chi connectivity index (χ1) is 5.27. The highest BCUT2D eigenvalue weighted by atomic mass is 19.1. The Hall–Kier alpha value is -1.25. The van der Waals surface area contributed by atoms with E-state index < -0.39 is 11.6 Å². The molecule has 0 spiro atoms. The molecule has 1 nitrogen and oxygen atoms in total. The van der Waals surface area contributed by atoms with Crippen LogP contribution in [0.2, 0.25) is 0 Å². The molecule has 0 saturated carbocycles. The fourth-order valence-corrected chi connectivity index (χ4v) is 1.14. The highest BCUT2D eigenvalue weighted by Crippen LogP contribution is 2.27. The van der Waals surface area contributed by atoms with Gasteiger partial charge in [-0.2, -0.15) is 0 Å². The van der Waals surface area contributed by atoms with E-state index in [2.05, 4.69) is 4.99 Å². The summed E-state index contributed by atoms with van der Waals surface area (Å²) in [6.07, 6.45) is 2.05. The van der Waals surface area contributed by atoms with Gasteiger partial charge in [0.1, 0.15) is 11.6 Å². The van der Waals surface area contributed by atoms with Crippen LogP contribution in [0, 0.1) is 11.6 Å². The van der Waals surface area contributed by atoms with Crippen molar-refractivity contribution in [3.63, 3.8) is 0 Å². The molecule has 3 heteroatoms. The van der Waals surface area contributed by atoms with Crippen molar-refractivity contribution in [2.24, 2.45) is 4.99 Å². The molecule has 0 aromatic heterocycles. The quantitative estimate of drug-likeness (QED) is 0.542. The minimum absolute atomic E-state index is 0.419. The molecule has 1 aromatic carbocycles. The molecule has 0 saturated heterocycles. The van der Waals surface area contributed by atoms with Crippen molar-refractivity contribution in [3.05, 3.63) is 29.3 Å². The maximum atomic E-state index is 12.8. The Balaban J connectivity index is 2.66. The first kappa shape index (κ1) is 6.46. The maximum absolute atomic E-state index is 12.8. The summed E-state index contributed by atoms with van der Waals surface area (Å²) < 4.78 is 25.3. The van der Waals surface area contributed by atoms with Crippen molar-refractivity contribution >= 4 is 11.9 Å². The zero-order valence-electron chi connectivity index (χ0n) is 5.64. The molecule has 1 heterocycles. The van der Waals surface area contributed by atoms with Crippen molar-refractivity contribution in [2.75, 3.05) is 0 Å². The van der Waals surface area contributed by atoms with E-state index >= 15 is 0 Å². The predicted octanol–water partition coefficient (Wildman–Crippen LogP) is 2.22. The van der Waals surface area contributed by atoms with Gasteiger partial charge in [-0.05, 0) is 6.07 Å². The van der Waals surface area contributed by atoms with Crippen LogP contribution in [-0.4, -0.2) is 6.21 Å². The Morgan fingerprint density at radius 1 is 1.27 bits per heavy atom. The second-order valence-electron chi connectivity index (χ2n) is 2.40. The van der Waals surface area contributed by atoms with Crippen LogP contribution in [0.1, 0.15) is 5.56 Å². The minimum atomic E-state index is -0.569. The van der Waals surface area contributed by atoms with Gasteiger partial charge in [0, 0.05) is 24.3 Å². The number of hydrogen-bond donors (Lipinski definition) is 0. The van der Waals surface area contributed by atoms with Crippen molar-refractivity contribution in [3.8, 4) is 0 Å². The molecule has 0 unspecified atom stereocenters. The van der Waals surface area contributed by atoms with Crippen LogP contribution in [0.15, 0.2) is 17.1 Å². The number of halogens is 2. The lowest BCUT2D eigenvalue weighted by atomic mass is 10.1. The van der Waals surface area contributed by atoms with E-state index in [1.807, 2.05) is 0 Å². The SMILES string of the molecule is Fc1cc(F)c2c(c1)N=CC2. The van der Waals surface area contributed by atoms with Crippen molar-refractivity contribution in [2.45, 2.75) is 6.42 Å². The topological polar surface area (TPSA) is 12.4 Å². The Morgan fingerprint density at radius 3 is 2.91 bits per heavy atom. The second kappa shape index (κ2) is 2.12. The number of benzene rings is 1. The molecule has 0 atom stereocenters. The van der Waals surface area contributed by atoms with Crippen LogP contribution in [0.25, 0.3) is 0 Å². The van der Waals surface area contributed by atoms with Gasteiger partial charge in [0.2, 0.25) is 0 Å². The summed E-state index contributed by atoms with van der Waals surface area (Å²) in [5.74, 6) is -1.07. The molecule has 1 aliphatic rings. The third-order valence-corrected chi connectivity index (χ3v) is 1.66. The third kappa shape index (κ3) is 0.926. The van der Waals surface area contributed by atoms with Crippen molar-refractivity contribution < 1.29 is 8.78 Å². The monoisotopic (exact) mass is 153 g/mol. The highest BCUT2D eigenvalue weighted by molar-refractivity contribution is 5.75. The molecule has 0 amide bonds. The Kier molecular flexibility index (Phi) is 1.24. The predicted molar refractivity (Wildman–Crippen MR) is 38.2 cm³/mol. The van der Waals surface area contributed by atoms with Gasteiger partial charge in [-0.1, -0.05) is 0 Å². The summed E-state index contributed by atoms with van der Waals surface area (Å²) in [4.78, 5) is 3.82. The van der Waals surface area contributed by atoms with E-state index in [0.29, 0.717) is 17.7 Å². The van der Waals surface area contributed by atoms with E-state index in [0.717, 1.165) is 6.07 Å². The Labute approximate surface area is 62.4 Å². The molecular formula is C8H5F2N. The largest absolute Gasteiger partial charge is 0.260 e. The summed E-state index contributed by atoms with van der Waals surface area (Å²) in [6.45, 7) is 0. The lowest BCUT2D eigenvalue weighted by molar-refractivity contribution is 0.578. The first-order valence-electron chi connectivity index (χ1n) is 3.28. The average Bonchev–Trinajstić information content (AvgIpc) is 2.34. The molecule has 0 N–H and O–H groups in total. The van der Waals surface area contributed by atoms with Crippen LogP contribution < -0.4 is 0 Å². The van der Waals surface area contributed by atoms with Crippen LogP contribution in [0.5, 0.6) is 0 Å². The summed E-state index contributed by atoms with van der Waals surface area (Å²) in [6, 6.07) is 2.12. The zero-order valence-corrected chi connectivity index (χ0v) is 5.64. The van der Waals surface area contributed by atoms with Gasteiger partial charge in [-0.3, -0.25) is 4.99 Å². The minimum Gasteiger partial charge on any atom is -0.260 e. The van der Waals surface area contributed by atoms with Crippen LogP contribution in [0.4, 0.5) is 14.5 Å². The molecule has 11 heavy (non-hydrogen) atoms. The smallest absolute Gasteiger partial charge is 0.131 e. The Morgan fingerprint density at radius 2 is 2.09 bits per heavy atom. The summed E-state index contributed by atoms with van der Waals surface area (Å²) >= 11 is 0. The van der Waals surface area contributed by atoms with Gasteiger partial charge < -0.3 is 0 Å². The van der Waals surface area contributed by atoms with Gasteiger partial charge >= 0.3 is 0 Å². The number of rotatable bonds is 0. The van der Waals surface area contributed by atoms with Crippen molar-refractivity contribution in [1.29, 1.82) is 0 Å². The molecule has 0 fully saturated rings. The summed E-state index contributed by atoms with van der Waals surface area (Å²) in [5, 5.41) is 0. The van der Waals surface area contributed by atoms with Crippen LogP contribution in [-0.2, 0) is 6.42 Å². The average molecular weight is 153 g/mol. The van der Waals surface area contributed by atoms with E-state index in [9.17, 15) is 8.78 Å². The summed E-state index contributed by atoms with van der Waals surface area (Å²) in [7, 11) is 0.